The molecule has 2 saturated heterocycles. The van der Waals surface area contributed by atoms with Crippen LogP contribution in [0.1, 0.15) is 31.7 Å². The van der Waals surface area contributed by atoms with Crippen molar-refractivity contribution >= 4 is 35.1 Å². The molecular formula is C19H23ClN2O4. The smallest absolute Gasteiger partial charge is 0.310 e. The van der Waals surface area contributed by atoms with Gasteiger partial charge in [-0.15, -0.1) is 0 Å². The van der Waals surface area contributed by atoms with Crippen LogP contribution in [0.3, 0.4) is 0 Å². The van der Waals surface area contributed by atoms with Crippen LogP contribution in [-0.4, -0.2) is 48.4 Å². The Balaban J connectivity index is 1.78. The van der Waals surface area contributed by atoms with Gasteiger partial charge in [0.15, 0.2) is 0 Å². The molecule has 26 heavy (non-hydrogen) atoms. The molecule has 0 aromatic heterocycles. The fourth-order valence-electron chi connectivity index (χ4n) is 3.73. The largest absolute Gasteiger partial charge is 0.466 e. The third kappa shape index (κ3) is 3.48. The molecule has 140 valence electrons. The maximum Gasteiger partial charge on any atom is 0.310 e. The lowest BCUT2D eigenvalue weighted by Crippen LogP contribution is -2.48. The van der Waals surface area contributed by atoms with Gasteiger partial charge in [0.25, 0.3) is 5.91 Å². The minimum Gasteiger partial charge on any atom is -0.466 e. The molecule has 2 heterocycles. The summed E-state index contributed by atoms with van der Waals surface area (Å²) in [4.78, 5) is 40.8. The summed E-state index contributed by atoms with van der Waals surface area (Å²) >= 11 is 6.15. The van der Waals surface area contributed by atoms with E-state index in [9.17, 15) is 14.4 Å². The van der Waals surface area contributed by atoms with E-state index in [0.717, 1.165) is 12.8 Å². The number of halogens is 1. The standard InChI is InChI=1S/C19H23ClN2O4/c1-3-26-19(25)13-6-5-9-21(11-13)16-10-17(23)22(18(16)24)15-8-4-7-14(20)12(15)2/h4,7-8,13,16H,3,5-6,9-11H2,1-2H3. The molecule has 0 bridgehead atoms. The van der Waals surface area contributed by atoms with Gasteiger partial charge < -0.3 is 4.74 Å². The van der Waals surface area contributed by atoms with Gasteiger partial charge in [-0.25, -0.2) is 4.90 Å². The number of imide groups is 1. The van der Waals surface area contributed by atoms with Crippen LogP contribution in [0.5, 0.6) is 0 Å². The average Bonchev–Trinajstić information content (AvgIpc) is 2.92. The number of esters is 1. The first-order valence-electron chi connectivity index (χ1n) is 8.96. The highest BCUT2D eigenvalue weighted by Crippen LogP contribution is 2.33. The highest BCUT2D eigenvalue weighted by molar-refractivity contribution is 6.32. The number of benzene rings is 1. The molecule has 2 aliphatic heterocycles. The summed E-state index contributed by atoms with van der Waals surface area (Å²) in [5.41, 5.74) is 1.24. The summed E-state index contributed by atoms with van der Waals surface area (Å²) in [6, 6.07) is 4.67. The Morgan fingerprint density at radius 1 is 1.35 bits per heavy atom. The zero-order valence-corrected chi connectivity index (χ0v) is 15.8. The summed E-state index contributed by atoms with van der Waals surface area (Å²) in [7, 11) is 0. The van der Waals surface area contributed by atoms with Gasteiger partial charge in [-0.2, -0.15) is 0 Å². The Morgan fingerprint density at radius 3 is 2.85 bits per heavy atom. The second-order valence-corrected chi connectivity index (χ2v) is 7.16. The average molecular weight is 379 g/mol. The molecule has 2 unspecified atom stereocenters. The predicted octanol–water partition coefficient (Wildman–Crippen LogP) is 2.56. The monoisotopic (exact) mass is 378 g/mol. The maximum atomic E-state index is 13.0. The molecule has 2 atom stereocenters. The number of hydrogen-bond donors (Lipinski definition) is 0. The molecule has 1 aromatic rings. The number of amides is 2. The van der Waals surface area contributed by atoms with Crippen molar-refractivity contribution in [2.75, 3.05) is 24.6 Å². The lowest BCUT2D eigenvalue weighted by atomic mass is 9.96. The van der Waals surface area contributed by atoms with Crippen molar-refractivity contribution in [1.29, 1.82) is 0 Å². The zero-order valence-electron chi connectivity index (χ0n) is 15.0. The lowest BCUT2D eigenvalue weighted by Gasteiger charge is -2.34. The molecule has 6 nitrogen and oxygen atoms in total. The molecule has 1 aromatic carbocycles. The molecule has 2 fully saturated rings. The third-order valence-electron chi connectivity index (χ3n) is 5.12. The molecule has 0 spiro atoms. The molecule has 7 heteroatoms. The fraction of sp³-hybridized carbons (Fsp3) is 0.526. The van der Waals surface area contributed by atoms with Crippen LogP contribution in [-0.2, 0) is 19.1 Å². The van der Waals surface area contributed by atoms with Crippen LogP contribution < -0.4 is 4.90 Å². The molecule has 0 radical (unpaired) electrons. The van der Waals surface area contributed by atoms with Crippen LogP contribution >= 0.6 is 11.6 Å². The van der Waals surface area contributed by atoms with Gasteiger partial charge in [-0.3, -0.25) is 19.3 Å². The van der Waals surface area contributed by atoms with Gasteiger partial charge in [-0.1, -0.05) is 17.7 Å². The summed E-state index contributed by atoms with van der Waals surface area (Å²) in [5.74, 6) is -0.946. The van der Waals surface area contributed by atoms with Gasteiger partial charge in [-0.05, 0) is 50.9 Å². The quantitative estimate of drug-likeness (QED) is 0.595. The minimum absolute atomic E-state index is 0.125. The number of carbonyl (C=O) groups is 3. The summed E-state index contributed by atoms with van der Waals surface area (Å²) < 4.78 is 5.12. The highest BCUT2D eigenvalue weighted by atomic mass is 35.5. The van der Waals surface area contributed by atoms with Crippen molar-refractivity contribution in [3.8, 4) is 0 Å². The Morgan fingerprint density at radius 2 is 2.12 bits per heavy atom. The summed E-state index contributed by atoms with van der Waals surface area (Å²) in [5, 5.41) is 0.520. The number of ether oxygens (including phenoxy) is 1. The minimum atomic E-state index is -0.530. The van der Waals surface area contributed by atoms with E-state index in [-0.39, 0.29) is 30.1 Å². The van der Waals surface area contributed by atoms with Gasteiger partial charge in [0, 0.05) is 11.6 Å². The zero-order chi connectivity index (χ0) is 18.8. The second kappa shape index (κ2) is 7.76. The number of hydrogen-bond acceptors (Lipinski definition) is 5. The SMILES string of the molecule is CCOC(=O)C1CCCN(C2CC(=O)N(c3cccc(Cl)c3C)C2=O)C1. The van der Waals surface area contributed by atoms with E-state index < -0.39 is 6.04 Å². The van der Waals surface area contributed by atoms with Gasteiger partial charge in [0.1, 0.15) is 0 Å². The molecule has 0 saturated carbocycles. The fourth-order valence-corrected chi connectivity index (χ4v) is 3.90. The maximum absolute atomic E-state index is 13.0. The second-order valence-electron chi connectivity index (χ2n) is 6.76. The van der Waals surface area contributed by atoms with Crippen LogP contribution in [0.2, 0.25) is 5.02 Å². The van der Waals surface area contributed by atoms with E-state index in [1.165, 1.54) is 4.90 Å². The Bertz CT molecular complexity index is 736. The Hall–Kier alpha value is -1.92. The van der Waals surface area contributed by atoms with E-state index >= 15 is 0 Å². The number of likely N-dealkylation sites (tertiary alicyclic amines) is 1. The van der Waals surface area contributed by atoms with Crippen molar-refractivity contribution in [2.45, 2.75) is 39.2 Å². The highest BCUT2D eigenvalue weighted by Gasteiger charge is 2.45. The Labute approximate surface area is 158 Å². The molecular weight excluding hydrogens is 356 g/mol. The van der Waals surface area contributed by atoms with Gasteiger partial charge in [0.2, 0.25) is 5.91 Å². The van der Waals surface area contributed by atoms with Gasteiger partial charge >= 0.3 is 5.97 Å². The van der Waals surface area contributed by atoms with Crippen molar-refractivity contribution in [2.24, 2.45) is 5.92 Å². The van der Waals surface area contributed by atoms with Crippen LogP contribution in [0, 0.1) is 12.8 Å². The Kier molecular flexibility index (Phi) is 5.63. The number of piperidine rings is 1. The van der Waals surface area contributed by atoms with Gasteiger partial charge in [0.05, 0.1) is 30.7 Å². The first-order valence-corrected chi connectivity index (χ1v) is 9.34. The van der Waals surface area contributed by atoms with E-state index in [1.807, 2.05) is 4.90 Å². The number of rotatable bonds is 4. The van der Waals surface area contributed by atoms with Crippen LogP contribution in [0.25, 0.3) is 0 Å². The molecule has 2 aliphatic rings. The normalized spacial score (nSPS) is 24.2. The molecule has 3 rings (SSSR count). The third-order valence-corrected chi connectivity index (χ3v) is 5.53. The summed E-state index contributed by atoms with van der Waals surface area (Å²) in [6.07, 6.45) is 1.68. The lowest BCUT2D eigenvalue weighted by molar-refractivity contribution is -0.150. The van der Waals surface area contributed by atoms with E-state index in [1.54, 1.807) is 32.0 Å². The van der Waals surface area contributed by atoms with Crippen molar-refractivity contribution in [1.82, 2.24) is 4.90 Å². The number of anilines is 1. The number of nitrogens with zero attached hydrogens (tertiary/aromatic N) is 2. The van der Waals surface area contributed by atoms with E-state index in [2.05, 4.69) is 0 Å². The van der Waals surface area contributed by atoms with Crippen LogP contribution in [0.15, 0.2) is 18.2 Å². The van der Waals surface area contributed by atoms with Crippen molar-refractivity contribution in [3.05, 3.63) is 28.8 Å². The summed E-state index contributed by atoms with van der Waals surface area (Å²) in [6.45, 7) is 5.07. The van der Waals surface area contributed by atoms with E-state index in [4.69, 9.17) is 16.3 Å². The van der Waals surface area contributed by atoms with Crippen molar-refractivity contribution in [3.63, 3.8) is 0 Å². The number of carbonyl (C=O) groups excluding carboxylic acids is 3. The predicted molar refractivity (Wildman–Crippen MR) is 98.0 cm³/mol. The topological polar surface area (TPSA) is 66.9 Å². The molecule has 2 amide bonds. The molecule has 0 N–H and O–H groups in total. The van der Waals surface area contributed by atoms with Crippen molar-refractivity contribution < 1.29 is 19.1 Å². The first-order chi connectivity index (χ1) is 12.4. The van der Waals surface area contributed by atoms with E-state index in [0.29, 0.717) is 36.0 Å². The molecule has 0 aliphatic carbocycles. The van der Waals surface area contributed by atoms with Crippen LogP contribution in [0.4, 0.5) is 5.69 Å². The first kappa shape index (κ1) is 18.9.